The average Bonchev–Trinajstić information content (AvgIpc) is 2.61. The predicted molar refractivity (Wildman–Crippen MR) is 53.2 cm³/mol. The van der Waals surface area contributed by atoms with Gasteiger partial charge in [0.15, 0.2) is 0 Å². The third-order valence-corrected chi connectivity index (χ3v) is 2.43. The van der Waals surface area contributed by atoms with Crippen LogP contribution < -0.4 is 0 Å². The summed E-state index contributed by atoms with van der Waals surface area (Å²) in [5.74, 6) is 0. The SMILES string of the molecule is O=CN1C(=O)OC[C@@H]1Cc1ccccc1. The molecule has 0 saturated carbocycles. The molecule has 1 aromatic carbocycles. The molecular formula is C11H11NO3. The Morgan fingerprint density at radius 1 is 1.40 bits per heavy atom. The van der Waals surface area contributed by atoms with Crippen molar-refractivity contribution >= 4 is 12.5 Å². The van der Waals surface area contributed by atoms with Crippen LogP contribution in [0.2, 0.25) is 0 Å². The number of rotatable bonds is 3. The van der Waals surface area contributed by atoms with E-state index in [1.165, 1.54) is 0 Å². The van der Waals surface area contributed by atoms with Crippen molar-refractivity contribution in [1.29, 1.82) is 0 Å². The van der Waals surface area contributed by atoms with Crippen molar-refractivity contribution < 1.29 is 14.3 Å². The van der Waals surface area contributed by atoms with E-state index in [9.17, 15) is 9.59 Å². The van der Waals surface area contributed by atoms with Crippen LogP contribution in [0.4, 0.5) is 4.79 Å². The normalized spacial score (nSPS) is 20.1. The van der Waals surface area contributed by atoms with Gasteiger partial charge in [-0.3, -0.25) is 4.79 Å². The second kappa shape index (κ2) is 4.13. The molecular weight excluding hydrogens is 194 g/mol. The van der Waals surface area contributed by atoms with Gasteiger partial charge in [-0.2, -0.15) is 0 Å². The Hall–Kier alpha value is -1.84. The van der Waals surface area contributed by atoms with E-state index < -0.39 is 6.09 Å². The predicted octanol–water partition coefficient (Wildman–Crippen LogP) is 1.21. The van der Waals surface area contributed by atoms with Crippen LogP contribution in [-0.2, 0) is 16.0 Å². The molecule has 1 aliphatic heterocycles. The molecule has 0 radical (unpaired) electrons. The molecule has 1 heterocycles. The molecule has 1 fully saturated rings. The third kappa shape index (κ3) is 1.98. The van der Waals surface area contributed by atoms with Crippen LogP contribution in [0.25, 0.3) is 0 Å². The number of ether oxygens (including phenoxy) is 1. The Labute approximate surface area is 87.4 Å². The van der Waals surface area contributed by atoms with Gasteiger partial charge in [0.05, 0.1) is 6.04 Å². The highest BCUT2D eigenvalue weighted by molar-refractivity contribution is 5.82. The minimum atomic E-state index is -0.550. The standard InChI is InChI=1S/C11H11NO3/c13-8-12-10(7-15-11(12)14)6-9-4-2-1-3-5-9/h1-5,8,10H,6-7H2/t10-/m0/s1. The number of carbonyl (C=O) groups is 2. The fraction of sp³-hybridized carbons (Fsp3) is 0.273. The number of hydrogen-bond acceptors (Lipinski definition) is 3. The minimum Gasteiger partial charge on any atom is -0.447 e. The summed E-state index contributed by atoms with van der Waals surface area (Å²) < 4.78 is 4.80. The number of benzene rings is 1. The Balaban J connectivity index is 2.07. The number of hydrogen-bond donors (Lipinski definition) is 0. The lowest BCUT2D eigenvalue weighted by molar-refractivity contribution is -0.116. The molecule has 1 atom stereocenters. The second-order valence-corrected chi connectivity index (χ2v) is 3.43. The first kappa shape index (κ1) is 9.71. The van der Waals surface area contributed by atoms with Crippen LogP contribution in [0, 0.1) is 0 Å². The number of cyclic esters (lactones) is 1. The molecule has 2 rings (SSSR count). The summed E-state index contributed by atoms with van der Waals surface area (Å²) in [5.41, 5.74) is 1.09. The Kier molecular flexibility index (Phi) is 2.67. The lowest BCUT2D eigenvalue weighted by Gasteiger charge is -2.13. The molecule has 1 aromatic rings. The second-order valence-electron chi connectivity index (χ2n) is 3.43. The maximum absolute atomic E-state index is 11.1. The Morgan fingerprint density at radius 3 is 2.80 bits per heavy atom. The maximum Gasteiger partial charge on any atom is 0.416 e. The summed E-state index contributed by atoms with van der Waals surface area (Å²) in [6, 6.07) is 9.54. The highest BCUT2D eigenvalue weighted by Crippen LogP contribution is 2.14. The lowest BCUT2D eigenvalue weighted by Crippen LogP contribution is -2.33. The van der Waals surface area contributed by atoms with Crippen LogP contribution in [-0.4, -0.2) is 30.1 Å². The zero-order valence-corrected chi connectivity index (χ0v) is 8.13. The van der Waals surface area contributed by atoms with E-state index in [0.29, 0.717) is 12.8 Å². The molecule has 0 N–H and O–H groups in total. The van der Waals surface area contributed by atoms with E-state index in [-0.39, 0.29) is 12.6 Å². The summed E-state index contributed by atoms with van der Waals surface area (Å²) in [4.78, 5) is 22.8. The quantitative estimate of drug-likeness (QED) is 0.697. The topological polar surface area (TPSA) is 46.6 Å². The summed E-state index contributed by atoms with van der Waals surface area (Å²) >= 11 is 0. The molecule has 0 bridgehead atoms. The van der Waals surface area contributed by atoms with E-state index in [1.807, 2.05) is 30.3 Å². The van der Waals surface area contributed by atoms with Crippen molar-refractivity contribution in [3.63, 3.8) is 0 Å². The summed E-state index contributed by atoms with van der Waals surface area (Å²) in [5, 5.41) is 0. The monoisotopic (exact) mass is 205 g/mol. The van der Waals surface area contributed by atoms with Crippen LogP contribution in [0.1, 0.15) is 5.56 Å². The van der Waals surface area contributed by atoms with Gasteiger partial charge in [0.1, 0.15) is 6.61 Å². The van der Waals surface area contributed by atoms with Gasteiger partial charge in [-0.25, -0.2) is 9.69 Å². The van der Waals surface area contributed by atoms with E-state index >= 15 is 0 Å². The third-order valence-electron chi connectivity index (χ3n) is 2.43. The van der Waals surface area contributed by atoms with Gasteiger partial charge >= 0.3 is 6.09 Å². The highest BCUT2D eigenvalue weighted by atomic mass is 16.6. The smallest absolute Gasteiger partial charge is 0.416 e. The maximum atomic E-state index is 11.1. The summed E-state index contributed by atoms with van der Waals surface area (Å²) in [6.07, 6.45) is 0.625. The Morgan fingerprint density at radius 2 is 2.13 bits per heavy atom. The number of carbonyl (C=O) groups excluding carboxylic acids is 2. The van der Waals surface area contributed by atoms with E-state index in [1.54, 1.807) is 0 Å². The first-order valence-electron chi connectivity index (χ1n) is 4.75. The largest absolute Gasteiger partial charge is 0.447 e. The van der Waals surface area contributed by atoms with Crippen molar-refractivity contribution in [2.24, 2.45) is 0 Å². The molecule has 0 aliphatic carbocycles. The van der Waals surface area contributed by atoms with Crippen molar-refractivity contribution in [3.05, 3.63) is 35.9 Å². The zero-order chi connectivity index (χ0) is 10.7. The van der Waals surface area contributed by atoms with Crippen molar-refractivity contribution in [3.8, 4) is 0 Å². The lowest BCUT2D eigenvalue weighted by atomic mass is 10.1. The molecule has 4 heteroatoms. The summed E-state index contributed by atoms with van der Waals surface area (Å²) in [7, 11) is 0. The Bertz CT molecular complexity index is 363. The van der Waals surface area contributed by atoms with Crippen molar-refractivity contribution in [2.45, 2.75) is 12.5 Å². The molecule has 0 spiro atoms. The fourth-order valence-corrected chi connectivity index (χ4v) is 1.64. The van der Waals surface area contributed by atoms with E-state index in [0.717, 1.165) is 10.5 Å². The molecule has 1 aliphatic rings. The summed E-state index contributed by atoms with van der Waals surface area (Å²) in [6.45, 7) is 0.284. The van der Waals surface area contributed by atoms with Gasteiger partial charge in [-0.1, -0.05) is 30.3 Å². The van der Waals surface area contributed by atoms with Gasteiger partial charge in [0.2, 0.25) is 6.41 Å². The molecule has 15 heavy (non-hydrogen) atoms. The molecule has 0 unspecified atom stereocenters. The number of amides is 2. The van der Waals surface area contributed by atoms with Gasteiger partial charge in [0, 0.05) is 0 Å². The first-order valence-corrected chi connectivity index (χ1v) is 4.75. The van der Waals surface area contributed by atoms with E-state index in [2.05, 4.69) is 0 Å². The zero-order valence-electron chi connectivity index (χ0n) is 8.13. The van der Waals surface area contributed by atoms with Crippen molar-refractivity contribution in [1.82, 2.24) is 4.90 Å². The van der Waals surface area contributed by atoms with Gasteiger partial charge in [-0.05, 0) is 12.0 Å². The van der Waals surface area contributed by atoms with Gasteiger partial charge in [0.25, 0.3) is 0 Å². The molecule has 2 amide bonds. The molecule has 78 valence electrons. The molecule has 0 aromatic heterocycles. The van der Waals surface area contributed by atoms with Crippen LogP contribution in [0.3, 0.4) is 0 Å². The van der Waals surface area contributed by atoms with Crippen LogP contribution >= 0.6 is 0 Å². The first-order chi connectivity index (χ1) is 7.31. The number of nitrogens with zero attached hydrogens (tertiary/aromatic N) is 1. The average molecular weight is 205 g/mol. The minimum absolute atomic E-state index is 0.169. The molecule has 4 nitrogen and oxygen atoms in total. The van der Waals surface area contributed by atoms with Crippen LogP contribution in [0.5, 0.6) is 0 Å². The highest BCUT2D eigenvalue weighted by Gasteiger charge is 2.32. The van der Waals surface area contributed by atoms with Crippen LogP contribution in [0.15, 0.2) is 30.3 Å². The van der Waals surface area contributed by atoms with E-state index in [4.69, 9.17) is 4.74 Å². The number of imide groups is 1. The molecule has 1 saturated heterocycles. The van der Waals surface area contributed by atoms with Gasteiger partial charge in [-0.15, -0.1) is 0 Å². The fourth-order valence-electron chi connectivity index (χ4n) is 1.64. The van der Waals surface area contributed by atoms with Crippen molar-refractivity contribution in [2.75, 3.05) is 6.61 Å². The van der Waals surface area contributed by atoms with Gasteiger partial charge < -0.3 is 4.74 Å².